The van der Waals surface area contributed by atoms with Crippen LogP contribution in [0.25, 0.3) is 0 Å². The fourth-order valence-electron chi connectivity index (χ4n) is 2.87. The van der Waals surface area contributed by atoms with Crippen molar-refractivity contribution in [1.82, 2.24) is 4.90 Å². The number of ether oxygens (including phenoxy) is 1. The first-order valence-electron chi connectivity index (χ1n) is 6.90. The molecule has 1 N–H and O–H groups in total. The van der Waals surface area contributed by atoms with Crippen molar-refractivity contribution in [2.24, 2.45) is 11.8 Å². The average molecular weight is 299 g/mol. The molecule has 0 radical (unpaired) electrons. The van der Waals surface area contributed by atoms with Gasteiger partial charge in [-0.2, -0.15) is 8.78 Å². The third-order valence-electron chi connectivity index (χ3n) is 4.09. The summed E-state index contributed by atoms with van der Waals surface area (Å²) in [6.45, 7) is 1.95. The van der Waals surface area contributed by atoms with Gasteiger partial charge < -0.3 is 9.84 Å². The van der Waals surface area contributed by atoms with Crippen LogP contribution in [0.15, 0.2) is 24.3 Å². The van der Waals surface area contributed by atoms with Crippen LogP contribution in [0.3, 0.4) is 0 Å². The molecule has 1 aliphatic rings. The number of nitrogens with zero attached hydrogens (tertiary/aromatic N) is 1. The molecule has 1 unspecified atom stereocenters. The predicted molar refractivity (Wildman–Crippen MR) is 73.4 cm³/mol. The normalized spacial score (nSPS) is 24.2. The molecule has 6 heteroatoms. The van der Waals surface area contributed by atoms with E-state index in [-0.39, 0.29) is 17.7 Å². The summed E-state index contributed by atoms with van der Waals surface area (Å²) in [6, 6.07) is 6.47. The average Bonchev–Trinajstić information content (AvgIpc) is 2.80. The van der Waals surface area contributed by atoms with Crippen LogP contribution in [-0.4, -0.2) is 35.7 Å². The smallest absolute Gasteiger partial charge is 0.387 e. The Morgan fingerprint density at radius 3 is 2.62 bits per heavy atom. The van der Waals surface area contributed by atoms with Crippen LogP contribution in [0.1, 0.15) is 25.5 Å². The zero-order valence-electron chi connectivity index (χ0n) is 12.0. The van der Waals surface area contributed by atoms with Crippen LogP contribution in [-0.2, 0) is 4.79 Å². The van der Waals surface area contributed by atoms with E-state index in [0.717, 1.165) is 0 Å². The van der Waals surface area contributed by atoms with Crippen molar-refractivity contribution in [2.45, 2.75) is 26.5 Å². The zero-order valence-corrected chi connectivity index (χ0v) is 12.0. The summed E-state index contributed by atoms with van der Waals surface area (Å²) in [7, 11) is 0. The SMILES string of the molecule is CC(c1ccccc1OC(F)F)N1C[C@@H](C)[C@H](C(=O)O)C1. The third kappa shape index (κ3) is 3.50. The molecule has 21 heavy (non-hydrogen) atoms. The molecule has 1 aliphatic heterocycles. The van der Waals surface area contributed by atoms with E-state index in [4.69, 9.17) is 0 Å². The van der Waals surface area contributed by atoms with Gasteiger partial charge in [-0.1, -0.05) is 25.1 Å². The Kier molecular flexibility index (Phi) is 4.77. The van der Waals surface area contributed by atoms with E-state index in [9.17, 15) is 18.7 Å². The molecule has 3 atom stereocenters. The molecule has 0 amide bonds. The number of carboxylic acids is 1. The van der Waals surface area contributed by atoms with Gasteiger partial charge in [-0.3, -0.25) is 9.69 Å². The van der Waals surface area contributed by atoms with Gasteiger partial charge in [-0.05, 0) is 18.9 Å². The Labute approximate surface area is 122 Å². The van der Waals surface area contributed by atoms with E-state index in [1.807, 2.05) is 18.7 Å². The number of carbonyl (C=O) groups is 1. The van der Waals surface area contributed by atoms with E-state index >= 15 is 0 Å². The Hall–Kier alpha value is -1.69. The Balaban J connectivity index is 2.17. The highest BCUT2D eigenvalue weighted by Gasteiger charge is 2.37. The minimum absolute atomic E-state index is 0.0353. The van der Waals surface area contributed by atoms with Gasteiger partial charge in [-0.25, -0.2) is 0 Å². The number of halogens is 2. The van der Waals surface area contributed by atoms with E-state index in [1.54, 1.807) is 18.2 Å². The topological polar surface area (TPSA) is 49.8 Å². The molecular weight excluding hydrogens is 280 g/mol. The number of aliphatic carboxylic acids is 1. The molecule has 2 rings (SSSR count). The first kappa shape index (κ1) is 15.7. The molecule has 1 aromatic carbocycles. The summed E-state index contributed by atoms with van der Waals surface area (Å²) in [5, 5.41) is 9.18. The van der Waals surface area contributed by atoms with Crippen molar-refractivity contribution in [1.29, 1.82) is 0 Å². The van der Waals surface area contributed by atoms with E-state index in [2.05, 4.69) is 4.74 Å². The van der Waals surface area contributed by atoms with Crippen LogP contribution in [0, 0.1) is 11.8 Å². The summed E-state index contributed by atoms with van der Waals surface area (Å²) < 4.78 is 29.5. The van der Waals surface area contributed by atoms with Crippen LogP contribution in [0.4, 0.5) is 8.78 Å². The predicted octanol–water partition coefficient (Wildman–Crippen LogP) is 3.00. The van der Waals surface area contributed by atoms with Crippen molar-refractivity contribution in [3.8, 4) is 5.75 Å². The summed E-state index contributed by atoms with van der Waals surface area (Å²) >= 11 is 0. The number of benzene rings is 1. The van der Waals surface area contributed by atoms with Crippen molar-refractivity contribution < 1.29 is 23.4 Å². The van der Waals surface area contributed by atoms with Crippen LogP contribution < -0.4 is 4.74 Å². The largest absolute Gasteiger partial charge is 0.481 e. The van der Waals surface area contributed by atoms with Gasteiger partial charge in [0.25, 0.3) is 0 Å². The van der Waals surface area contributed by atoms with Crippen molar-refractivity contribution in [2.75, 3.05) is 13.1 Å². The van der Waals surface area contributed by atoms with Gasteiger partial charge in [0.2, 0.25) is 0 Å². The number of rotatable bonds is 5. The molecule has 0 spiro atoms. The molecular formula is C15H19F2NO3. The van der Waals surface area contributed by atoms with Gasteiger partial charge >= 0.3 is 12.6 Å². The van der Waals surface area contributed by atoms with Crippen molar-refractivity contribution >= 4 is 5.97 Å². The maximum Gasteiger partial charge on any atom is 0.387 e. The van der Waals surface area contributed by atoms with E-state index in [0.29, 0.717) is 18.7 Å². The molecule has 1 heterocycles. The second-order valence-electron chi connectivity index (χ2n) is 5.47. The second kappa shape index (κ2) is 6.39. The molecule has 116 valence electrons. The van der Waals surface area contributed by atoms with Crippen molar-refractivity contribution in [3.05, 3.63) is 29.8 Å². The van der Waals surface area contributed by atoms with Gasteiger partial charge in [-0.15, -0.1) is 0 Å². The summed E-state index contributed by atoms with van der Waals surface area (Å²) in [5.74, 6) is -1.05. The molecule has 1 aromatic rings. The van der Waals surface area contributed by atoms with Gasteiger partial charge in [0.05, 0.1) is 5.92 Å². The second-order valence-corrected chi connectivity index (χ2v) is 5.47. The maximum absolute atomic E-state index is 12.5. The highest BCUT2D eigenvalue weighted by atomic mass is 19.3. The number of hydrogen-bond acceptors (Lipinski definition) is 3. The Bertz CT molecular complexity index is 509. The zero-order chi connectivity index (χ0) is 15.6. The first-order chi connectivity index (χ1) is 9.90. The van der Waals surface area contributed by atoms with E-state index in [1.165, 1.54) is 6.07 Å². The van der Waals surface area contributed by atoms with Gasteiger partial charge in [0.1, 0.15) is 5.75 Å². The number of alkyl halides is 2. The monoisotopic (exact) mass is 299 g/mol. The number of para-hydroxylation sites is 1. The summed E-state index contributed by atoms with van der Waals surface area (Å²) in [4.78, 5) is 13.2. The molecule has 0 aromatic heterocycles. The fourth-order valence-corrected chi connectivity index (χ4v) is 2.87. The lowest BCUT2D eigenvalue weighted by molar-refractivity contribution is -0.142. The summed E-state index contributed by atoms with van der Waals surface area (Å²) in [5.41, 5.74) is 0.649. The lowest BCUT2D eigenvalue weighted by Gasteiger charge is -2.26. The maximum atomic E-state index is 12.5. The molecule has 1 fully saturated rings. The van der Waals surface area contributed by atoms with E-state index < -0.39 is 18.5 Å². The minimum Gasteiger partial charge on any atom is -0.481 e. The number of carboxylic acid groups (broad SMARTS) is 1. The highest BCUT2D eigenvalue weighted by Crippen LogP contribution is 2.35. The van der Waals surface area contributed by atoms with Crippen LogP contribution in [0.2, 0.25) is 0 Å². The Morgan fingerprint density at radius 1 is 1.38 bits per heavy atom. The summed E-state index contributed by atoms with van der Waals surface area (Å²) in [6.07, 6.45) is 0. The van der Waals surface area contributed by atoms with Gasteiger partial charge in [0, 0.05) is 24.7 Å². The number of likely N-dealkylation sites (tertiary alicyclic amines) is 1. The highest BCUT2D eigenvalue weighted by molar-refractivity contribution is 5.71. The first-order valence-corrected chi connectivity index (χ1v) is 6.90. The molecule has 0 aliphatic carbocycles. The molecule has 0 saturated carbocycles. The van der Waals surface area contributed by atoms with Gasteiger partial charge in [0.15, 0.2) is 0 Å². The lowest BCUT2D eigenvalue weighted by atomic mass is 9.99. The fraction of sp³-hybridized carbons (Fsp3) is 0.533. The lowest BCUT2D eigenvalue weighted by Crippen LogP contribution is -2.26. The van der Waals surface area contributed by atoms with Crippen molar-refractivity contribution in [3.63, 3.8) is 0 Å². The molecule has 4 nitrogen and oxygen atoms in total. The number of hydrogen-bond donors (Lipinski definition) is 1. The Morgan fingerprint density at radius 2 is 2.05 bits per heavy atom. The molecule has 0 bridgehead atoms. The van der Waals surface area contributed by atoms with Crippen LogP contribution in [0.5, 0.6) is 5.75 Å². The minimum atomic E-state index is -2.87. The molecule has 1 saturated heterocycles. The third-order valence-corrected chi connectivity index (χ3v) is 4.09. The van der Waals surface area contributed by atoms with Crippen LogP contribution >= 0.6 is 0 Å². The standard InChI is InChI=1S/C15H19F2NO3/c1-9-7-18(8-12(9)14(19)20)10(2)11-5-3-4-6-13(11)21-15(16)17/h3-6,9-10,12,15H,7-8H2,1-2H3,(H,19,20)/t9-,10?,12-/m1/s1. The quantitative estimate of drug-likeness (QED) is 0.908.